The van der Waals surface area contributed by atoms with E-state index in [-0.39, 0.29) is 24.9 Å². The summed E-state index contributed by atoms with van der Waals surface area (Å²) in [7, 11) is 0. The first-order chi connectivity index (χ1) is 10.2. The summed E-state index contributed by atoms with van der Waals surface area (Å²) in [6, 6.07) is 0. The smallest absolute Gasteiger partial charge is 0.413 e. The van der Waals surface area contributed by atoms with Crippen molar-refractivity contribution in [2.75, 3.05) is 18.1 Å². The number of carbonyl (C=O) groups is 1. The number of nitrogens with zero attached hydrogens (tertiary/aromatic N) is 4. The molecule has 2 rings (SSSR count). The summed E-state index contributed by atoms with van der Waals surface area (Å²) in [5.74, 6) is -1.20. The molecule has 1 aromatic heterocycles. The van der Waals surface area contributed by atoms with Crippen LogP contribution in [0.1, 0.15) is 20.8 Å². The molecule has 0 bridgehead atoms. The second kappa shape index (κ2) is 5.89. The van der Waals surface area contributed by atoms with Crippen molar-refractivity contribution >= 4 is 17.6 Å². The molecule has 1 aromatic rings. The van der Waals surface area contributed by atoms with Crippen molar-refractivity contribution in [2.24, 2.45) is 0 Å². The minimum absolute atomic E-state index is 0.0572. The molecule has 0 radical (unpaired) electrons. The molecule has 2 heterocycles. The second-order valence-electron chi connectivity index (χ2n) is 5.29. The number of carboxylic acid groups (broad SMARTS) is 1. The molecule has 1 saturated heterocycles. The zero-order valence-electron chi connectivity index (χ0n) is 12.6. The van der Waals surface area contributed by atoms with E-state index in [9.17, 15) is 14.9 Å². The molecule has 0 aliphatic carbocycles. The molecule has 1 aliphatic heterocycles. The van der Waals surface area contributed by atoms with Gasteiger partial charge in [-0.3, -0.25) is 4.90 Å². The first kappa shape index (κ1) is 16.2. The van der Waals surface area contributed by atoms with Crippen molar-refractivity contribution in [2.45, 2.75) is 39.2 Å². The van der Waals surface area contributed by atoms with Gasteiger partial charge < -0.3 is 24.7 Å². The lowest BCUT2D eigenvalue weighted by atomic mass is 10.3. The first-order valence-corrected chi connectivity index (χ1v) is 6.77. The Balaban J connectivity index is 2.23. The highest BCUT2D eigenvalue weighted by Crippen LogP contribution is 2.28. The van der Waals surface area contributed by atoms with Gasteiger partial charge in [0.25, 0.3) is 0 Å². The van der Waals surface area contributed by atoms with Gasteiger partial charge >= 0.3 is 11.9 Å². The van der Waals surface area contributed by atoms with Gasteiger partial charge in [0, 0.05) is 6.54 Å². The largest absolute Gasteiger partial charge is 0.465 e. The lowest BCUT2D eigenvalue weighted by Crippen LogP contribution is -2.29. The number of ether oxygens (including phenoxy) is 2. The lowest BCUT2D eigenvalue weighted by molar-refractivity contribution is -0.389. The Morgan fingerprint density at radius 1 is 1.68 bits per heavy atom. The molecule has 1 fully saturated rings. The van der Waals surface area contributed by atoms with Gasteiger partial charge in [-0.15, -0.1) is 0 Å². The van der Waals surface area contributed by atoms with Gasteiger partial charge in [0.1, 0.15) is 6.10 Å². The molecule has 0 aromatic carbocycles. The molecule has 1 atom stereocenters. The first-order valence-electron chi connectivity index (χ1n) is 6.77. The van der Waals surface area contributed by atoms with E-state index in [0.29, 0.717) is 6.61 Å². The van der Waals surface area contributed by atoms with Gasteiger partial charge in [-0.2, -0.15) is 4.68 Å². The van der Waals surface area contributed by atoms with Crippen LogP contribution in [-0.4, -0.2) is 50.9 Å². The number of hydrogen-bond donors (Lipinski definition) is 1. The quantitative estimate of drug-likeness (QED) is 0.645. The van der Waals surface area contributed by atoms with Crippen LogP contribution >= 0.6 is 0 Å². The third-order valence-electron chi connectivity index (χ3n) is 3.19. The molecule has 10 nitrogen and oxygen atoms in total. The number of aromatic nitrogens is 2. The summed E-state index contributed by atoms with van der Waals surface area (Å²) in [6.45, 7) is 5.79. The van der Waals surface area contributed by atoms with Crippen LogP contribution in [0.2, 0.25) is 0 Å². The fraction of sp³-hybridized carbons (Fsp3) is 0.667. The fourth-order valence-corrected chi connectivity index (χ4v) is 2.28. The Kier molecular flexibility index (Phi) is 4.33. The molecule has 0 saturated carbocycles. The molecule has 1 amide bonds. The van der Waals surface area contributed by atoms with Crippen molar-refractivity contribution in [3.8, 4) is 0 Å². The Labute approximate surface area is 126 Å². The van der Waals surface area contributed by atoms with Crippen molar-refractivity contribution in [1.29, 1.82) is 0 Å². The predicted octanol–water partition coefficient (Wildman–Crippen LogP) is 1.45. The van der Waals surface area contributed by atoms with Crippen molar-refractivity contribution in [1.82, 2.24) is 9.78 Å². The summed E-state index contributed by atoms with van der Waals surface area (Å²) in [4.78, 5) is 22.4. The second-order valence-corrected chi connectivity index (χ2v) is 5.29. The minimum Gasteiger partial charge on any atom is -0.465 e. The Morgan fingerprint density at radius 3 is 2.82 bits per heavy atom. The third-order valence-corrected chi connectivity index (χ3v) is 3.19. The maximum atomic E-state index is 11.2. The van der Waals surface area contributed by atoms with E-state index in [1.54, 1.807) is 20.8 Å². The zero-order valence-corrected chi connectivity index (χ0v) is 12.6. The van der Waals surface area contributed by atoms with E-state index in [1.165, 1.54) is 10.9 Å². The van der Waals surface area contributed by atoms with E-state index < -0.39 is 22.6 Å². The highest BCUT2D eigenvalue weighted by Gasteiger charge is 2.35. The number of amides is 1. The molecule has 22 heavy (non-hydrogen) atoms. The maximum Gasteiger partial charge on any atom is 0.413 e. The van der Waals surface area contributed by atoms with Crippen molar-refractivity contribution in [3.63, 3.8) is 0 Å². The highest BCUT2D eigenvalue weighted by atomic mass is 16.7. The average molecular weight is 314 g/mol. The molecule has 1 aliphatic rings. The van der Waals surface area contributed by atoms with Crippen LogP contribution in [-0.2, 0) is 16.0 Å². The zero-order chi connectivity index (χ0) is 16.5. The van der Waals surface area contributed by atoms with Crippen molar-refractivity contribution < 1.29 is 24.3 Å². The monoisotopic (exact) mass is 314 g/mol. The number of nitro groups is 1. The average Bonchev–Trinajstić information content (AvgIpc) is 2.94. The molecule has 0 unspecified atom stereocenters. The molecule has 1 N–H and O–H groups in total. The Hall–Kier alpha value is -2.20. The molecular weight excluding hydrogens is 296 g/mol. The number of rotatable bonds is 5. The van der Waals surface area contributed by atoms with Crippen LogP contribution < -0.4 is 4.90 Å². The Bertz CT molecular complexity index is 584. The maximum absolute atomic E-state index is 11.2. The van der Waals surface area contributed by atoms with Gasteiger partial charge in [-0.25, -0.2) is 4.79 Å². The van der Waals surface area contributed by atoms with Crippen molar-refractivity contribution in [3.05, 3.63) is 16.3 Å². The van der Waals surface area contributed by atoms with E-state index in [2.05, 4.69) is 5.10 Å². The summed E-state index contributed by atoms with van der Waals surface area (Å²) < 4.78 is 12.3. The van der Waals surface area contributed by atoms with Crippen LogP contribution in [0.5, 0.6) is 0 Å². The number of hydrogen-bond acceptors (Lipinski definition) is 6. The van der Waals surface area contributed by atoms with Crippen LogP contribution in [0, 0.1) is 10.1 Å². The fourth-order valence-electron chi connectivity index (χ4n) is 2.28. The Morgan fingerprint density at radius 2 is 2.36 bits per heavy atom. The SMILES string of the molecule is CCN(C(=O)O)c1cn(C[C@@H]2COC(C)(C)O2)nc1[N+](=O)[O-]. The van der Waals surface area contributed by atoms with E-state index in [0.717, 1.165) is 4.90 Å². The minimum atomic E-state index is -1.27. The normalized spacial score (nSPS) is 20.0. The lowest BCUT2D eigenvalue weighted by Gasteiger charge is -2.16. The highest BCUT2D eigenvalue weighted by molar-refractivity contribution is 5.88. The van der Waals surface area contributed by atoms with Crippen LogP contribution in [0.4, 0.5) is 16.3 Å². The van der Waals surface area contributed by atoms with Gasteiger partial charge in [0.2, 0.25) is 0 Å². The molecule has 10 heteroatoms. The predicted molar refractivity (Wildman–Crippen MR) is 74.8 cm³/mol. The number of anilines is 1. The van der Waals surface area contributed by atoms with Gasteiger partial charge in [0.05, 0.1) is 24.4 Å². The standard InChI is InChI=1S/C12H18N4O6/c1-4-15(11(17)18)9-6-14(13-10(9)16(19)20)5-8-7-21-12(2,3)22-8/h6,8H,4-5,7H2,1-3H3,(H,17,18)/t8-/m1/s1. The molecule has 122 valence electrons. The van der Waals surface area contributed by atoms with Gasteiger partial charge in [0.15, 0.2) is 11.5 Å². The summed E-state index contributed by atoms with van der Waals surface area (Å²) in [6.07, 6.45) is -0.237. The third kappa shape index (κ3) is 3.34. The summed E-state index contributed by atoms with van der Waals surface area (Å²) in [5, 5.41) is 24.0. The van der Waals surface area contributed by atoms with Gasteiger partial charge in [-0.1, -0.05) is 0 Å². The van der Waals surface area contributed by atoms with E-state index in [4.69, 9.17) is 14.6 Å². The van der Waals surface area contributed by atoms with Crippen LogP contribution in [0.15, 0.2) is 6.20 Å². The van der Waals surface area contributed by atoms with Crippen LogP contribution in [0.25, 0.3) is 0 Å². The van der Waals surface area contributed by atoms with Crippen LogP contribution in [0.3, 0.4) is 0 Å². The molecular formula is C12H18N4O6. The molecule has 0 spiro atoms. The summed E-state index contributed by atoms with van der Waals surface area (Å²) in [5.41, 5.74) is -0.0572. The summed E-state index contributed by atoms with van der Waals surface area (Å²) >= 11 is 0. The van der Waals surface area contributed by atoms with Gasteiger partial charge in [-0.05, 0) is 25.7 Å². The topological polar surface area (TPSA) is 120 Å². The van der Waals surface area contributed by atoms with E-state index in [1.807, 2.05) is 0 Å². The van der Waals surface area contributed by atoms with E-state index >= 15 is 0 Å².